The highest BCUT2D eigenvalue weighted by molar-refractivity contribution is 5.76. The molecular formula is C47H93NO8. The minimum Gasteiger partial charge on any atom is -0.394 e. The molecule has 0 saturated carbocycles. The summed E-state index contributed by atoms with van der Waals surface area (Å²) in [4.78, 5) is 13.0. The zero-order chi connectivity index (χ0) is 40.9. The second-order valence-electron chi connectivity index (χ2n) is 17.3. The minimum atomic E-state index is -1.55. The summed E-state index contributed by atoms with van der Waals surface area (Å²) in [5.74, 6) is -0.140. The number of carbonyl (C=O) groups excluding carboxylic acids is 1. The predicted octanol–water partition coefficient (Wildman–Crippen LogP) is 10.3. The maximum Gasteiger partial charge on any atom is 0.220 e. The van der Waals surface area contributed by atoms with Gasteiger partial charge in [0.15, 0.2) is 6.29 Å². The Morgan fingerprint density at radius 2 is 0.893 bits per heavy atom. The van der Waals surface area contributed by atoms with Gasteiger partial charge in [-0.1, -0.05) is 219 Å². The van der Waals surface area contributed by atoms with Crippen molar-refractivity contribution in [1.82, 2.24) is 5.32 Å². The van der Waals surface area contributed by atoms with Gasteiger partial charge in [-0.25, -0.2) is 0 Å². The van der Waals surface area contributed by atoms with Crippen LogP contribution in [0.5, 0.6) is 0 Å². The van der Waals surface area contributed by atoms with Gasteiger partial charge in [-0.2, -0.15) is 0 Å². The molecule has 0 aromatic rings. The van der Waals surface area contributed by atoms with Crippen LogP contribution in [-0.4, -0.2) is 87.5 Å². The van der Waals surface area contributed by atoms with Gasteiger partial charge in [0, 0.05) is 6.42 Å². The molecule has 1 aliphatic rings. The molecule has 334 valence electrons. The lowest BCUT2D eigenvalue weighted by Crippen LogP contribution is -2.60. The van der Waals surface area contributed by atoms with Crippen molar-refractivity contribution < 1.29 is 39.8 Å². The molecule has 7 atom stereocenters. The van der Waals surface area contributed by atoms with E-state index in [1.165, 1.54) is 173 Å². The number of hydrogen-bond donors (Lipinski definition) is 6. The second kappa shape index (κ2) is 38.4. The van der Waals surface area contributed by atoms with Crippen molar-refractivity contribution in [3.63, 3.8) is 0 Å². The van der Waals surface area contributed by atoms with Crippen molar-refractivity contribution >= 4 is 5.91 Å². The van der Waals surface area contributed by atoms with Gasteiger partial charge in [-0.3, -0.25) is 4.79 Å². The molecule has 1 amide bonds. The monoisotopic (exact) mass is 800 g/mol. The highest BCUT2D eigenvalue weighted by Crippen LogP contribution is 2.23. The van der Waals surface area contributed by atoms with E-state index in [2.05, 4.69) is 19.2 Å². The lowest BCUT2D eigenvalue weighted by atomic mass is 9.99. The van der Waals surface area contributed by atoms with Gasteiger partial charge < -0.3 is 40.3 Å². The SMILES string of the molecule is CCCCCCCCCCCCCCCCCCCC(O)C(COC1OC(CO)C(O)C(O)C1O)NC(=O)CCCCCCCCCCCCCCCCCC. The fourth-order valence-electron chi connectivity index (χ4n) is 8.04. The summed E-state index contributed by atoms with van der Waals surface area (Å²) in [7, 11) is 0. The number of rotatable bonds is 41. The van der Waals surface area contributed by atoms with E-state index < -0.39 is 49.5 Å². The maximum absolute atomic E-state index is 13.0. The first-order valence-corrected chi connectivity index (χ1v) is 24.2. The molecule has 1 rings (SSSR count). The van der Waals surface area contributed by atoms with Crippen LogP contribution in [0.4, 0.5) is 0 Å². The standard InChI is InChI=1S/C47H93NO8/c1-3-5-7-9-11-13-15-17-19-21-22-24-26-28-30-32-34-36-41(50)40(39-55-47-46(54)45(53)44(52)42(38-49)56-47)48-43(51)37-35-33-31-29-27-25-23-20-18-16-14-12-10-8-6-4-2/h40-42,44-47,49-50,52-54H,3-39H2,1-2H3,(H,48,51). The number of nitrogens with one attached hydrogen (secondary N) is 1. The summed E-state index contributed by atoms with van der Waals surface area (Å²) >= 11 is 0. The summed E-state index contributed by atoms with van der Waals surface area (Å²) in [6.07, 6.45) is 35.3. The van der Waals surface area contributed by atoms with Crippen LogP contribution >= 0.6 is 0 Å². The first-order chi connectivity index (χ1) is 27.3. The molecule has 56 heavy (non-hydrogen) atoms. The van der Waals surface area contributed by atoms with Gasteiger partial charge in [-0.05, 0) is 12.8 Å². The van der Waals surface area contributed by atoms with E-state index in [0.717, 1.165) is 38.5 Å². The summed E-state index contributed by atoms with van der Waals surface area (Å²) in [6.45, 7) is 3.86. The number of unbranched alkanes of at least 4 members (excludes halogenated alkanes) is 31. The molecule has 7 unspecified atom stereocenters. The van der Waals surface area contributed by atoms with E-state index in [4.69, 9.17) is 9.47 Å². The Balaban J connectivity index is 2.29. The van der Waals surface area contributed by atoms with E-state index in [9.17, 15) is 30.3 Å². The molecule has 0 aliphatic carbocycles. The van der Waals surface area contributed by atoms with E-state index in [0.29, 0.717) is 12.8 Å². The van der Waals surface area contributed by atoms with E-state index in [1.54, 1.807) is 0 Å². The summed E-state index contributed by atoms with van der Waals surface area (Å²) in [5, 5.41) is 54.4. The molecule has 1 fully saturated rings. The molecule has 6 N–H and O–H groups in total. The third kappa shape index (κ3) is 28.6. The van der Waals surface area contributed by atoms with Crippen LogP contribution in [0.25, 0.3) is 0 Å². The number of carbonyl (C=O) groups is 1. The lowest BCUT2D eigenvalue weighted by Gasteiger charge is -2.40. The third-order valence-electron chi connectivity index (χ3n) is 12.0. The Labute approximate surface area is 344 Å². The highest BCUT2D eigenvalue weighted by Gasteiger charge is 2.44. The number of amides is 1. The molecule has 0 aromatic heterocycles. The summed E-state index contributed by atoms with van der Waals surface area (Å²) in [5.41, 5.74) is 0. The predicted molar refractivity (Wildman–Crippen MR) is 231 cm³/mol. The molecule has 9 nitrogen and oxygen atoms in total. The zero-order valence-corrected chi connectivity index (χ0v) is 36.7. The number of aliphatic hydroxyl groups is 5. The quantitative estimate of drug-likeness (QED) is 0.0335. The Kier molecular flexibility index (Phi) is 36.5. The second-order valence-corrected chi connectivity index (χ2v) is 17.3. The van der Waals surface area contributed by atoms with Crippen molar-refractivity contribution in [2.24, 2.45) is 0 Å². The van der Waals surface area contributed by atoms with E-state index in [-0.39, 0.29) is 12.5 Å². The van der Waals surface area contributed by atoms with Crippen LogP contribution in [0, 0.1) is 0 Å². The molecule has 1 heterocycles. The minimum absolute atomic E-state index is 0.131. The first-order valence-electron chi connectivity index (χ1n) is 24.2. The first kappa shape index (κ1) is 53.2. The molecular weight excluding hydrogens is 707 g/mol. The van der Waals surface area contributed by atoms with Crippen LogP contribution in [0.1, 0.15) is 239 Å². The van der Waals surface area contributed by atoms with Gasteiger partial charge in [-0.15, -0.1) is 0 Å². The van der Waals surface area contributed by atoms with Gasteiger partial charge >= 0.3 is 0 Å². The molecule has 9 heteroatoms. The van der Waals surface area contributed by atoms with Crippen molar-refractivity contribution in [2.75, 3.05) is 13.2 Å². The Morgan fingerprint density at radius 1 is 0.536 bits per heavy atom. The summed E-state index contributed by atoms with van der Waals surface area (Å²) in [6, 6.07) is -0.711. The largest absolute Gasteiger partial charge is 0.394 e. The average molecular weight is 800 g/mol. The van der Waals surface area contributed by atoms with E-state index in [1.807, 2.05) is 0 Å². The fourth-order valence-corrected chi connectivity index (χ4v) is 8.04. The zero-order valence-electron chi connectivity index (χ0n) is 36.7. The van der Waals surface area contributed by atoms with Crippen molar-refractivity contribution in [3.8, 4) is 0 Å². The number of hydrogen-bond acceptors (Lipinski definition) is 8. The molecule has 0 spiro atoms. The van der Waals surface area contributed by atoms with Crippen molar-refractivity contribution in [3.05, 3.63) is 0 Å². The number of aliphatic hydroxyl groups excluding tert-OH is 5. The maximum atomic E-state index is 13.0. The van der Waals surface area contributed by atoms with Gasteiger partial charge in [0.05, 0.1) is 25.4 Å². The number of ether oxygens (including phenoxy) is 2. The molecule has 0 bridgehead atoms. The lowest BCUT2D eigenvalue weighted by molar-refractivity contribution is -0.302. The van der Waals surface area contributed by atoms with Crippen LogP contribution in [0.15, 0.2) is 0 Å². The van der Waals surface area contributed by atoms with Crippen LogP contribution in [0.2, 0.25) is 0 Å². The molecule has 0 aromatic carbocycles. The van der Waals surface area contributed by atoms with Crippen molar-refractivity contribution in [1.29, 1.82) is 0 Å². The smallest absolute Gasteiger partial charge is 0.220 e. The van der Waals surface area contributed by atoms with Crippen LogP contribution < -0.4 is 5.32 Å². The Hall–Kier alpha value is -0.810. The van der Waals surface area contributed by atoms with E-state index >= 15 is 0 Å². The molecule has 1 aliphatic heterocycles. The molecule has 0 radical (unpaired) electrons. The summed E-state index contributed by atoms with van der Waals surface area (Å²) < 4.78 is 11.3. The Bertz CT molecular complexity index is 847. The Morgan fingerprint density at radius 3 is 1.27 bits per heavy atom. The van der Waals surface area contributed by atoms with Crippen LogP contribution in [0.3, 0.4) is 0 Å². The van der Waals surface area contributed by atoms with Gasteiger partial charge in [0.2, 0.25) is 5.91 Å². The van der Waals surface area contributed by atoms with Crippen molar-refractivity contribution in [2.45, 2.75) is 281 Å². The topological polar surface area (TPSA) is 149 Å². The van der Waals surface area contributed by atoms with Gasteiger partial charge in [0.25, 0.3) is 0 Å². The highest BCUT2D eigenvalue weighted by atomic mass is 16.7. The van der Waals surface area contributed by atoms with Crippen LogP contribution in [-0.2, 0) is 14.3 Å². The third-order valence-corrected chi connectivity index (χ3v) is 12.0. The normalized spacial score (nSPS) is 21.0. The molecule has 1 saturated heterocycles. The van der Waals surface area contributed by atoms with Gasteiger partial charge in [0.1, 0.15) is 24.4 Å². The average Bonchev–Trinajstić information content (AvgIpc) is 3.20. The fraction of sp³-hybridized carbons (Fsp3) is 0.979.